The van der Waals surface area contributed by atoms with E-state index >= 15 is 0 Å². The molecule has 0 aliphatic heterocycles. The number of pyridine rings is 1. The number of fused-ring (bicyclic) bond motifs is 1. The summed E-state index contributed by atoms with van der Waals surface area (Å²) < 4.78 is 7.27. The van der Waals surface area contributed by atoms with Crippen LogP contribution in [-0.2, 0) is 4.74 Å². The van der Waals surface area contributed by atoms with Gasteiger partial charge in [0.05, 0.1) is 5.69 Å². The summed E-state index contributed by atoms with van der Waals surface area (Å²) >= 11 is 0. The fourth-order valence-corrected chi connectivity index (χ4v) is 2.87. The Kier molecular flexibility index (Phi) is 4.33. The number of esters is 1. The van der Waals surface area contributed by atoms with Gasteiger partial charge in [0.25, 0.3) is 11.6 Å². The van der Waals surface area contributed by atoms with Crippen molar-refractivity contribution in [3.63, 3.8) is 0 Å². The fraction of sp³-hybridized carbons (Fsp3) is 0.150. The topological polar surface area (TPSA) is 82.3 Å². The molecule has 1 aromatic carbocycles. The number of carbonyl (C=O) groups excluding carboxylic acids is 1. The van der Waals surface area contributed by atoms with Crippen molar-refractivity contribution in [2.75, 3.05) is 0 Å². The minimum absolute atomic E-state index is 0.0342. The highest BCUT2D eigenvalue weighted by Crippen LogP contribution is 2.25. The average Bonchev–Trinajstić information content (AvgIpc) is 3.12. The minimum atomic E-state index is -0.651. The Morgan fingerprint density at radius 2 is 1.81 bits per heavy atom. The zero-order chi connectivity index (χ0) is 18.8. The number of carbonyl (C=O) groups is 1. The third kappa shape index (κ3) is 3.39. The molecular formula is C20H17N5O2. The summed E-state index contributed by atoms with van der Waals surface area (Å²) in [5.41, 5.74) is 3.10. The van der Waals surface area contributed by atoms with Crippen molar-refractivity contribution >= 4 is 11.7 Å². The highest BCUT2D eigenvalue weighted by atomic mass is 16.5. The maximum Gasteiger partial charge on any atom is 0.379 e. The van der Waals surface area contributed by atoms with Gasteiger partial charge in [-0.05, 0) is 37.6 Å². The smallest absolute Gasteiger partial charge is 0.379 e. The molecule has 1 unspecified atom stereocenters. The van der Waals surface area contributed by atoms with Crippen LogP contribution in [0.5, 0.6) is 0 Å². The van der Waals surface area contributed by atoms with Crippen LogP contribution in [0.3, 0.4) is 0 Å². The summed E-state index contributed by atoms with van der Waals surface area (Å²) in [7, 11) is 0. The quantitative estimate of drug-likeness (QED) is 0.521. The molecule has 0 saturated carbocycles. The van der Waals surface area contributed by atoms with Gasteiger partial charge in [-0.1, -0.05) is 36.4 Å². The van der Waals surface area contributed by atoms with Crippen molar-refractivity contribution in [1.29, 1.82) is 0 Å². The standard InChI is InChI=1S/C20H17N5O2/c1-13-12-14(2)25-20(22-13)23-18(24-25)19(26)27-17(15-8-4-3-5-9-15)16-10-6-7-11-21-16/h3-12,17H,1-2H3. The summed E-state index contributed by atoms with van der Waals surface area (Å²) in [6.45, 7) is 3.75. The predicted molar refractivity (Wildman–Crippen MR) is 98.2 cm³/mol. The number of hydrogen-bond donors (Lipinski definition) is 0. The first-order valence-electron chi connectivity index (χ1n) is 8.50. The monoisotopic (exact) mass is 359 g/mol. The first-order chi connectivity index (χ1) is 13.1. The summed E-state index contributed by atoms with van der Waals surface area (Å²) in [6.07, 6.45) is 1.01. The Bertz CT molecular complexity index is 1050. The minimum Gasteiger partial charge on any atom is -0.445 e. The van der Waals surface area contributed by atoms with Gasteiger partial charge in [0, 0.05) is 17.6 Å². The summed E-state index contributed by atoms with van der Waals surface area (Å²) in [6, 6.07) is 16.8. The van der Waals surface area contributed by atoms with Crippen molar-refractivity contribution in [1.82, 2.24) is 24.6 Å². The highest BCUT2D eigenvalue weighted by molar-refractivity contribution is 5.86. The molecule has 0 fully saturated rings. The van der Waals surface area contributed by atoms with Crippen LogP contribution in [0, 0.1) is 13.8 Å². The molecule has 1 atom stereocenters. The first-order valence-corrected chi connectivity index (χ1v) is 8.50. The zero-order valence-electron chi connectivity index (χ0n) is 14.9. The van der Waals surface area contributed by atoms with Crippen LogP contribution in [0.25, 0.3) is 5.78 Å². The van der Waals surface area contributed by atoms with Crippen LogP contribution >= 0.6 is 0 Å². The molecule has 3 aromatic heterocycles. The van der Waals surface area contributed by atoms with E-state index in [9.17, 15) is 4.79 Å². The van der Waals surface area contributed by atoms with E-state index in [4.69, 9.17) is 4.74 Å². The van der Waals surface area contributed by atoms with E-state index in [1.165, 1.54) is 4.52 Å². The van der Waals surface area contributed by atoms with Gasteiger partial charge < -0.3 is 4.74 Å². The van der Waals surface area contributed by atoms with Gasteiger partial charge in [0.1, 0.15) is 0 Å². The number of nitrogens with zero attached hydrogens (tertiary/aromatic N) is 5. The normalized spacial score (nSPS) is 12.1. The largest absolute Gasteiger partial charge is 0.445 e. The number of aromatic nitrogens is 5. The number of rotatable bonds is 4. The van der Waals surface area contributed by atoms with Gasteiger partial charge in [0.15, 0.2) is 6.10 Å². The lowest BCUT2D eigenvalue weighted by atomic mass is 10.1. The summed E-state index contributed by atoms with van der Waals surface area (Å²) in [4.78, 5) is 25.6. The molecule has 0 saturated heterocycles. The van der Waals surface area contributed by atoms with Crippen molar-refractivity contribution in [3.8, 4) is 0 Å². The summed E-state index contributed by atoms with van der Waals surface area (Å²) in [5.74, 6) is -0.293. The van der Waals surface area contributed by atoms with E-state index in [1.54, 1.807) is 6.20 Å². The van der Waals surface area contributed by atoms with Crippen LogP contribution in [-0.4, -0.2) is 30.5 Å². The van der Waals surface area contributed by atoms with Crippen LogP contribution in [0.1, 0.15) is 39.4 Å². The second-order valence-electron chi connectivity index (χ2n) is 6.14. The second kappa shape index (κ2) is 6.95. The predicted octanol–water partition coefficient (Wildman–Crippen LogP) is 3.08. The van der Waals surface area contributed by atoms with E-state index in [1.807, 2.05) is 68.4 Å². The number of ether oxygens (including phenoxy) is 1. The van der Waals surface area contributed by atoms with E-state index in [0.717, 1.165) is 17.0 Å². The van der Waals surface area contributed by atoms with Crippen LogP contribution in [0.4, 0.5) is 0 Å². The number of hydrogen-bond acceptors (Lipinski definition) is 6. The lowest BCUT2D eigenvalue weighted by Crippen LogP contribution is -2.15. The van der Waals surface area contributed by atoms with E-state index in [0.29, 0.717) is 11.5 Å². The molecule has 0 aliphatic carbocycles. The van der Waals surface area contributed by atoms with Crippen LogP contribution < -0.4 is 0 Å². The van der Waals surface area contributed by atoms with E-state index < -0.39 is 12.1 Å². The maximum atomic E-state index is 12.8. The van der Waals surface area contributed by atoms with Gasteiger partial charge in [-0.2, -0.15) is 4.98 Å². The van der Waals surface area contributed by atoms with E-state index in [2.05, 4.69) is 20.1 Å². The number of benzene rings is 1. The zero-order valence-corrected chi connectivity index (χ0v) is 14.9. The molecule has 134 valence electrons. The van der Waals surface area contributed by atoms with Gasteiger partial charge in [-0.3, -0.25) is 4.98 Å². The molecule has 4 aromatic rings. The van der Waals surface area contributed by atoms with Crippen LogP contribution in [0.2, 0.25) is 0 Å². The van der Waals surface area contributed by atoms with Gasteiger partial charge in [-0.15, -0.1) is 5.10 Å². The van der Waals surface area contributed by atoms with Crippen molar-refractivity contribution in [2.24, 2.45) is 0 Å². The Morgan fingerprint density at radius 1 is 1.04 bits per heavy atom. The molecule has 0 radical (unpaired) electrons. The molecule has 0 bridgehead atoms. The first kappa shape index (κ1) is 16.8. The Balaban J connectivity index is 1.69. The third-order valence-corrected chi connectivity index (χ3v) is 4.08. The van der Waals surface area contributed by atoms with Crippen molar-refractivity contribution in [3.05, 3.63) is 89.3 Å². The lowest BCUT2D eigenvalue weighted by Gasteiger charge is -2.16. The SMILES string of the molecule is Cc1cc(C)n2nc(C(=O)OC(c3ccccc3)c3ccccn3)nc2n1. The fourth-order valence-electron chi connectivity index (χ4n) is 2.87. The molecule has 3 heterocycles. The Morgan fingerprint density at radius 3 is 2.56 bits per heavy atom. The molecule has 7 heteroatoms. The molecule has 0 N–H and O–H groups in total. The molecule has 0 aliphatic rings. The highest BCUT2D eigenvalue weighted by Gasteiger charge is 2.24. The van der Waals surface area contributed by atoms with Gasteiger partial charge in [-0.25, -0.2) is 14.3 Å². The molecule has 27 heavy (non-hydrogen) atoms. The van der Waals surface area contributed by atoms with Gasteiger partial charge in [0.2, 0.25) is 0 Å². The third-order valence-electron chi connectivity index (χ3n) is 4.08. The van der Waals surface area contributed by atoms with Crippen molar-refractivity contribution in [2.45, 2.75) is 20.0 Å². The Labute approximate surface area is 155 Å². The average molecular weight is 359 g/mol. The van der Waals surface area contributed by atoms with Crippen molar-refractivity contribution < 1.29 is 9.53 Å². The second-order valence-corrected chi connectivity index (χ2v) is 6.14. The van der Waals surface area contributed by atoms with Gasteiger partial charge >= 0.3 is 5.97 Å². The van der Waals surface area contributed by atoms with E-state index in [-0.39, 0.29) is 5.82 Å². The lowest BCUT2D eigenvalue weighted by molar-refractivity contribution is 0.0356. The maximum absolute atomic E-state index is 12.8. The molecule has 0 amide bonds. The molecular weight excluding hydrogens is 342 g/mol. The Hall–Kier alpha value is -3.61. The molecule has 4 rings (SSSR count). The van der Waals surface area contributed by atoms with Crippen LogP contribution in [0.15, 0.2) is 60.8 Å². The number of aryl methyl sites for hydroxylation is 2. The molecule has 0 spiro atoms. The molecule has 7 nitrogen and oxygen atoms in total. The summed E-state index contributed by atoms with van der Waals surface area (Å²) in [5, 5.41) is 4.24.